The lowest BCUT2D eigenvalue weighted by atomic mass is 10.1. The molecule has 0 radical (unpaired) electrons. The highest BCUT2D eigenvalue weighted by atomic mass is 16.5. The molecule has 1 aliphatic rings. The van der Waals surface area contributed by atoms with E-state index in [-0.39, 0.29) is 18.1 Å². The Balaban J connectivity index is 1.80. The number of urea groups is 1. The van der Waals surface area contributed by atoms with Gasteiger partial charge in [-0.15, -0.1) is 0 Å². The molecule has 0 saturated heterocycles. The molecule has 6 heteroatoms. The molecule has 3 rings (SSSR count). The molecule has 2 amide bonds. The van der Waals surface area contributed by atoms with Crippen LogP contribution in [0.4, 0.5) is 4.79 Å². The quantitative estimate of drug-likeness (QED) is 0.800. The highest BCUT2D eigenvalue weighted by Gasteiger charge is 2.29. The average Bonchev–Trinajstić information content (AvgIpc) is 3.36. The molecule has 27 heavy (non-hydrogen) atoms. The maximum atomic E-state index is 13.3. The van der Waals surface area contributed by atoms with Crippen molar-refractivity contribution in [2.75, 3.05) is 7.11 Å². The number of nitrogens with zero attached hydrogens (tertiary/aromatic N) is 3. The lowest BCUT2D eigenvalue weighted by molar-refractivity contribution is 0.165. The number of aromatic nitrogens is 2. The predicted molar refractivity (Wildman–Crippen MR) is 106 cm³/mol. The van der Waals surface area contributed by atoms with Crippen LogP contribution in [0.5, 0.6) is 5.75 Å². The number of aryl methyl sites for hydroxylation is 1. The first-order valence-corrected chi connectivity index (χ1v) is 9.81. The summed E-state index contributed by atoms with van der Waals surface area (Å²) in [6, 6.07) is 10.1. The molecule has 1 heterocycles. The third-order valence-corrected chi connectivity index (χ3v) is 5.48. The van der Waals surface area contributed by atoms with Crippen LogP contribution in [0.1, 0.15) is 56.3 Å². The first kappa shape index (κ1) is 19.3. The standard InChI is InChI=1S/C21H30N4O2/c1-4-18(19-13-14-22-24(19)2)23-21(26)25(17-10-6-7-11-17)15-16-9-5-8-12-20(16)27-3/h5,8-9,12-14,17-18H,4,6-7,10-11,15H2,1-3H3,(H,23,26)/t18-/m0/s1. The van der Waals surface area contributed by atoms with Gasteiger partial charge in [0.2, 0.25) is 0 Å². The number of amides is 2. The van der Waals surface area contributed by atoms with E-state index in [1.54, 1.807) is 13.3 Å². The largest absolute Gasteiger partial charge is 0.496 e. The van der Waals surface area contributed by atoms with Crippen LogP contribution in [0.3, 0.4) is 0 Å². The van der Waals surface area contributed by atoms with E-state index in [1.165, 1.54) is 12.8 Å². The van der Waals surface area contributed by atoms with E-state index in [1.807, 2.05) is 47.0 Å². The molecule has 1 atom stereocenters. The molecule has 1 aromatic carbocycles. The molecule has 1 saturated carbocycles. The molecule has 2 aromatic rings. The van der Waals surface area contributed by atoms with Crippen molar-refractivity contribution >= 4 is 6.03 Å². The zero-order chi connectivity index (χ0) is 19.2. The Kier molecular flexibility index (Phi) is 6.37. The van der Waals surface area contributed by atoms with Gasteiger partial charge in [0.05, 0.1) is 25.4 Å². The number of rotatable bonds is 7. The third-order valence-electron chi connectivity index (χ3n) is 5.48. The van der Waals surface area contributed by atoms with E-state index in [2.05, 4.69) is 17.3 Å². The van der Waals surface area contributed by atoms with Crippen molar-refractivity contribution in [3.05, 3.63) is 47.8 Å². The second kappa shape index (κ2) is 8.93. The van der Waals surface area contributed by atoms with E-state index in [9.17, 15) is 4.79 Å². The smallest absolute Gasteiger partial charge is 0.318 e. The Hall–Kier alpha value is -2.50. The molecule has 0 unspecified atom stereocenters. The fourth-order valence-corrected chi connectivity index (χ4v) is 3.94. The Morgan fingerprint density at radius 1 is 1.33 bits per heavy atom. The van der Waals surface area contributed by atoms with Gasteiger partial charge in [-0.25, -0.2) is 4.79 Å². The number of carbonyl (C=O) groups excluding carboxylic acids is 1. The molecule has 0 aliphatic heterocycles. The molecule has 1 aromatic heterocycles. The summed E-state index contributed by atoms with van der Waals surface area (Å²) in [6.45, 7) is 2.64. The van der Waals surface area contributed by atoms with Gasteiger partial charge in [0.15, 0.2) is 0 Å². The summed E-state index contributed by atoms with van der Waals surface area (Å²) in [5.41, 5.74) is 2.06. The van der Waals surface area contributed by atoms with Crippen molar-refractivity contribution in [1.82, 2.24) is 20.0 Å². The molecule has 6 nitrogen and oxygen atoms in total. The van der Waals surface area contributed by atoms with E-state index in [4.69, 9.17) is 4.74 Å². The fraction of sp³-hybridized carbons (Fsp3) is 0.524. The first-order chi connectivity index (χ1) is 13.1. The normalized spacial score (nSPS) is 15.5. The number of nitrogens with one attached hydrogen (secondary N) is 1. The number of hydrogen-bond donors (Lipinski definition) is 1. The van der Waals surface area contributed by atoms with Gasteiger partial charge in [0, 0.05) is 24.8 Å². The Morgan fingerprint density at radius 3 is 2.70 bits per heavy atom. The van der Waals surface area contributed by atoms with Gasteiger partial charge < -0.3 is 15.0 Å². The predicted octanol–water partition coefficient (Wildman–Crippen LogP) is 4.03. The number of methoxy groups -OCH3 is 1. The second-order valence-electron chi connectivity index (χ2n) is 7.17. The fourth-order valence-electron chi connectivity index (χ4n) is 3.94. The molecular formula is C21H30N4O2. The molecule has 146 valence electrons. The molecule has 0 spiro atoms. The van der Waals surface area contributed by atoms with Crippen LogP contribution < -0.4 is 10.1 Å². The summed E-state index contributed by atoms with van der Waals surface area (Å²) in [5.74, 6) is 0.826. The summed E-state index contributed by atoms with van der Waals surface area (Å²) in [5, 5.41) is 7.47. The van der Waals surface area contributed by atoms with Crippen LogP contribution in [0, 0.1) is 0 Å². The first-order valence-electron chi connectivity index (χ1n) is 9.81. The van der Waals surface area contributed by atoms with Crippen molar-refractivity contribution in [1.29, 1.82) is 0 Å². The number of ether oxygens (including phenoxy) is 1. The van der Waals surface area contributed by atoms with Crippen molar-refractivity contribution < 1.29 is 9.53 Å². The lowest BCUT2D eigenvalue weighted by Gasteiger charge is -2.31. The van der Waals surface area contributed by atoms with Gasteiger partial charge in [-0.1, -0.05) is 38.0 Å². The molecule has 1 N–H and O–H groups in total. The van der Waals surface area contributed by atoms with Crippen LogP contribution >= 0.6 is 0 Å². The van der Waals surface area contributed by atoms with Gasteiger partial charge >= 0.3 is 6.03 Å². The lowest BCUT2D eigenvalue weighted by Crippen LogP contribution is -2.46. The molecule has 1 fully saturated rings. The number of para-hydroxylation sites is 1. The number of hydrogen-bond acceptors (Lipinski definition) is 3. The number of benzene rings is 1. The van der Waals surface area contributed by atoms with E-state index in [0.29, 0.717) is 6.54 Å². The average molecular weight is 370 g/mol. The minimum absolute atomic E-state index is 0.0131. The van der Waals surface area contributed by atoms with Crippen LogP contribution in [0.2, 0.25) is 0 Å². The highest BCUT2D eigenvalue weighted by Crippen LogP contribution is 2.28. The highest BCUT2D eigenvalue weighted by molar-refractivity contribution is 5.75. The summed E-state index contributed by atoms with van der Waals surface area (Å²) in [6.07, 6.45) is 7.07. The van der Waals surface area contributed by atoms with Crippen molar-refractivity contribution in [2.45, 2.75) is 57.7 Å². The van der Waals surface area contributed by atoms with Gasteiger partial charge in [0.25, 0.3) is 0 Å². The Morgan fingerprint density at radius 2 is 2.07 bits per heavy atom. The maximum Gasteiger partial charge on any atom is 0.318 e. The van der Waals surface area contributed by atoms with Crippen molar-refractivity contribution in [3.63, 3.8) is 0 Å². The summed E-state index contributed by atoms with van der Waals surface area (Å²) >= 11 is 0. The van der Waals surface area contributed by atoms with Gasteiger partial charge in [-0.3, -0.25) is 4.68 Å². The SMILES string of the molecule is CC[C@H](NC(=O)N(Cc1ccccc1OC)C1CCCC1)c1ccnn1C. The zero-order valence-electron chi connectivity index (χ0n) is 16.5. The minimum atomic E-state index is -0.0495. The van der Waals surface area contributed by atoms with Crippen molar-refractivity contribution in [2.24, 2.45) is 7.05 Å². The van der Waals surface area contributed by atoms with Crippen LogP contribution in [0.25, 0.3) is 0 Å². The van der Waals surface area contributed by atoms with Crippen LogP contribution in [-0.4, -0.2) is 33.9 Å². The minimum Gasteiger partial charge on any atom is -0.496 e. The van der Waals surface area contributed by atoms with E-state index >= 15 is 0 Å². The van der Waals surface area contributed by atoms with E-state index in [0.717, 1.165) is 36.3 Å². The Bertz CT molecular complexity index is 752. The van der Waals surface area contributed by atoms with E-state index < -0.39 is 0 Å². The second-order valence-corrected chi connectivity index (χ2v) is 7.17. The summed E-state index contributed by atoms with van der Waals surface area (Å²) < 4.78 is 7.32. The maximum absolute atomic E-state index is 13.3. The molecular weight excluding hydrogens is 340 g/mol. The van der Waals surface area contributed by atoms with Gasteiger partial charge in [0.1, 0.15) is 5.75 Å². The Labute approximate surface area is 161 Å². The summed E-state index contributed by atoms with van der Waals surface area (Å²) in [4.78, 5) is 15.2. The number of carbonyl (C=O) groups is 1. The monoisotopic (exact) mass is 370 g/mol. The molecule has 0 bridgehead atoms. The topological polar surface area (TPSA) is 59.4 Å². The summed E-state index contributed by atoms with van der Waals surface area (Å²) in [7, 11) is 3.59. The van der Waals surface area contributed by atoms with Crippen molar-refractivity contribution in [3.8, 4) is 5.75 Å². The van der Waals surface area contributed by atoms with Gasteiger partial charge in [-0.2, -0.15) is 5.10 Å². The zero-order valence-corrected chi connectivity index (χ0v) is 16.5. The van der Waals surface area contributed by atoms with Crippen LogP contribution in [0.15, 0.2) is 36.5 Å². The van der Waals surface area contributed by atoms with Gasteiger partial charge in [-0.05, 0) is 31.4 Å². The van der Waals surface area contributed by atoms with Crippen LogP contribution in [-0.2, 0) is 13.6 Å². The third kappa shape index (κ3) is 4.43. The molecule has 1 aliphatic carbocycles.